The summed E-state index contributed by atoms with van der Waals surface area (Å²) in [6.07, 6.45) is 1.73. The van der Waals surface area contributed by atoms with Crippen molar-refractivity contribution < 1.29 is 19.8 Å². The molecule has 1 aromatic rings. The molecule has 5 nitrogen and oxygen atoms in total. The number of benzene rings is 1. The molecule has 0 radical (unpaired) electrons. The third-order valence-corrected chi connectivity index (χ3v) is 2.02. The number of carbonyl (C=O) groups excluding carboxylic acids is 1. The van der Waals surface area contributed by atoms with Gasteiger partial charge in [0.1, 0.15) is 0 Å². The van der Waals surface area contributed by atoms with E-state index >= 15 is 0 Å². The summed E-state index contributed by atoms with van der Waals surface area (Å²) in [5, 5.41) is 19.8. The van der Waals surface area contributed by atoms with Crippen LogP contribution in [0.25, 0.3) is 0 Å². The van der Waals surface area contributed by atoms with Crippen LogP contribution in [0, 0.1) is 0 Å². The van der Waals surface area contributed by atoms with Crippen molar-refractivity contribution in [2.24, 2.45) is 0 Å². The van der Waals surface area contributed by atoms with Crippen molar-refractivity contribution >= 4 is 11.9 Å². The first-order valence-corrected chi connectivity index (χ1v) is 4.99. The SMILES string of the molecule is O=C(O)/C=C/C(=O)NCc1cccc(CO)c1. The van der Waals surface area contributed by atoms with Gasteiger partial charge in [0.2, 0.25) is 5.91 Å². The maximum atomic E-state index is 11.2. The lowest BCUT2D eigenvalue weighted by molar-refractivity contribution is -0.131. The number of aliphatic carboxylic acids is 1. The normalized spacial score (nSPS) is 10.4. The van der Waals surface area contributed by atoms with Gasteiger partial charge in [-0.2, -0.15) is 0 Å². The number of aliphatic hydroxyl groups excluding tert-OH is 1. The van der Waals surface area contributed by atoms with E-state index in [0.717, 1.165) is 23.3 Å². The van der Waals surface area contributed by atoms with Gasteiger partial charge in [-0.1, -0.05) is 24.3 Å². The Balaban J connectivity index is 2.49. The molecule has 0 aromatic heterocycles. The molecule has 1 rings (SSSR count). The molecule has 1 amide bonds. The summed E-state index contributed by atoms with van der Waals surface area (Å²) in [5.74, 6) is -1.63. The Bertz CT molecular complexity index is 440. The molecule has 3 N–H and O–H groups in total. The minimum Gasteiger partial charge on any atom is -0.478 e. The number of carbonyl (C=O) groups is 2. The number of hydrogen-bond acceptors (Lipinski definition) is 3. The maximum Gasteiger partial charge on any atom is 0.328 e. The fourth-order valence-electron chi connectivity index (χ4n) is 1.23. The van der Waals surface area contributed by atoms with E-state index in [4.69, 9.17) is 10.2 Å². The van der Waals surface area contributed by atoms with Crippen LogP contribution in [0.1, 0.15) is 11.1 Å². The maximum absolute atomic E-state index is 11.2. The van der Waals surface area contributed by atoms with Crippen LogP contribution in [-0.4, -0.2) is 22.1 Å². The Labute approximate surface area is 98.4 Å². The average Bonchev–Trinajstić information content (AvgIpc) is 2.34. The van der Waals surface area contributed by atoms with Crippen molar-refractivity contribution in [3.63, 3.8) is 0 Å². The number of aliphatic hydroxyl groups is 1. The molecule has 0 unspecified atom stereocenters. The molecule has 0 spiro atoms. The Hall–Kier alpha value is -2.14. The number of carboxylic acid groups (broad SMARTS) is 1. The van der Waals surface area contributed by atoms with Crippen molar-refractivity contribution in [2.75, 3.05) is 0 Å². The van der Waals surface area contributed by atoms with Gasteiger partial charge in [-0.15, -0.1) is 0 Å². The van der Waals surface area contributed by atoms with E-state index in [1.807, 2.05) is 0 Å². The predicted octanol–water partition coefficient (Wildman–Crippen LogP) is 0.436. The van der Waals surface area contributed by atoms with Crippen LogP contribution >= 0.6 is 0 Å². The summed E-state index contributed by atoms with van der Waals surface area (Å²) in [7, 11) is 0. The highest BCUT2D eigenvalue weighted by atomic mass is 16.4. The Morgan fingerprint density at radius 3 is 2.59 bits per heavy atom. The number of rotatable bonds is 5. The predicted molar refractivity (Wildman–Crippen MR) is 61.0 cm³/mol. The topological polar surface area (TPSA) is 86.6 Å². The summed E-state index contributed by atoms with van der Waals surface area (Å²) in [4.78, 5) is 21.3. The van der Waals surface area contributed by atoms with Gasteiger partial charge >= 0.3 is 5.97 Å². The molecule has 0 saturated carbocycles. The highest BCUT2D eigenvalue weighted by molar-refractivity contribution is 5.93. The third kappa shape index (κ3) is 4.94. The van der Waals surface area contributed by atoms with E-state index in [1.165, 1.54) is 0 Å². The van der Waals surface area contributed by atoms with Crippen molar-refractivity contribution in [3.05, 3.63) is 47.5 Å². The van der Waals surface area contributed by atoms with E-state index in [1.54, 1.807) is 24.3 Å². The first-order valence-electron chi connectivity index (χ1n) is 4.99. The zero-order valence-corrected chi connectivity index (χ0v) is 9.09. The Morgan fingerprint density at radius 1 is 1.24 bits per heavy atom. The third-order valence-electron chi connectivity index (χ3n) is 2.02. The first kappa shape index (κ1) is 12.9. The quantitative estimate of drug-likeness (QED) is 0.646. The zero-order valence-electron chi connectivity index (χ0n) is 9.09. The Kier molecular flexibility index (Phi) is 4.90. The lowest BCUT2D eigenvalue weighted by Gasteiger charge is -2.04. The highest BCUT2D eigenvalue weighted by Crippen LogP contribution is 2.04. The molecule has 0 bridgehead atoms. The summed E-state index contributed by atoms with van der Waals surface area (Å²) in [6.45, 7) is 0.233. The number of amides is 1. The van der Waals surface area contributed by atoms with Crippen LogP contribution in [0.15, 0.2) is 36.4 Å². The van der Waals surface area contributed by atoms with Crippen LogP contribution in [0.4, 0.5) is 0 Å². The fourth-order valence-corrected chi connectivity index (χ4v) is 1.23. The van der Waals surface area contributed by atoms with Gasteiger partial charge in [0.05, 0.1) is 6.61 Å². The van der Waals surface area contributed by atoms with E-state index in [9.17, 15) is 9.59 Å². The first-order chi connectivity index (χ1) is 8.11. The second-order valence-corrected chi connectivity index (χ2v) is 3.37. The van der Waals surface area contributed by atoms with E-state index < -0.39 is 11.9 Å². The number of carboxylic acids is 1. The molecule has 0 heterocycles. The second-order valence-electron chi connectivity index (χ2n) is 3.37. The summed E-state index contributed by atoms with van der Waals surface area (Å²) < 4.78 is 0. The number of nitrogens with one attached hydrogen (secondary N) is 1. The molecule has 5 heteroatoms. The molecule has 17 heavy (non-hydrogen) atoms. The van der Waals surface area contributed by atoms with E-state index in [-0.39, 0.29) is 13.2 Å². The van der Waals surface area contributed by atoms with Crippen molar-refractivity contribution in [1.82, 2.24) is 5.32 Å². The zero-order chi connectivity index (χ0) is 12.7. The summed E-state index contributed by atoms with van der Waals surface area (Å²) >= 11 is 0. The largest absolute Gasteiger partial charge is 0.478 e. The van der Waals surface area contributed by atoms with Crippen LogP contribution in [0.3, 0.4) is 0 Å². The lowest BCUT2D eigenvalue weighted by atomic mass is 10.1. The molecule has 0 saturated heterocycles. The minimum absolute atomic E-state index is 0.0549. The van der Waals surface area contributed by atoms with Crippen molar-refractivity contribution in [3.8, 4) is 0 Å². The molecule has 0 atom stereocenters. The minimum atomic E-state index is -1.16. The standard InChI is InChI=1S/C12H13NO4/c14-8-10-3-1-2-9(6-10)7-13-11(15)4-5-12(16)17/h1-6,14H,7-8H2,(H,13,15)(H,16,17)/b5-4+. The van der Waals surface area contributed by atoms with Gasteiger partial charge in [0.15, 0.2) is 0 Å². The van der Waals surface area contributed by atoms with Gasteiger partial charge in [0.25, 0.3) is 0 Å². The monoisotopic (exact) mass is 235 g/mol. The van der Waals surface area contributed by atoms with Gasteiger partial charge in [-0.25, -0.2) is 4.79 Å². The van der Waals surface area contributed by atoms with E-state index in [2.05, 4.69) is 5.32 Å². The molecule has 0 aliphatic rings. The fraction of sp³-hybridized carbons (Fsp3) is 0.167. The molecule has 90 valence electrons. The van der Waals surface area contributed by atoms with Gasteiger partial charge in [-0.05, 0) is 11.1 Å². The van der Waals surface area contributed by atoms with Gasteiger partial charge < -0.3 is 15.5 Å². The molecular formula is C12H13NO4. The summed E-state index contributed by atoms with van der Waals surface area (Å²) in [6, 6.07) is 7.12. The van der Waals surface area contributed by atoms with Crippen molar-refractivity contribution in [2.45, 2.75) is 13.2 Å². The van der Waals surface area contributed by atoms with Gasteiger partial charge in [0, 0.05) is 18.7 Å². The smallest absolute Gasteiger partial charge is 0.328 e. The Morgan fingerprint density at radius 2 is 1.94 bits per heavy atom. The molecule has 0 fully saturated rings. The van der Waals surface area contributed by atoms with Crippen molar-refractivity contribution in [1.29, 1.82) is 0 Å². The molecular weight excluding hydrogens is 222 g/mol. The lowest BCUT2D eigenvalue weighted by Crippen LogP contribution is -2.20. The molecule has 1 aromatic carbocycles. The van der Waals surface area contributed by atoms with Crippen LogP contribution in [0.2, 0.25) is 0 Å². The average molecular weight is 235 g/mol. The molecule has 0 aliphatic carbocycles. The second kappa shape index (κ2) is 6.44. The van der Waals surface area contributed by atoms with E-state index in [0.29, 0.717) is 0 Å². The van der Waals surface area contributed by atoms with Crippen LogP contribution in [-0.2, 0) is 22.7 Å². The number of hydrogen-bond donors (Lipinski definition) is 3. The molecule has 0 aliphatic heterocycles. The van der Waals surface area contributed by atoms with Crippen LogP contribution in [0.5, 0.6) is 0 Å². The summed E-state index contributed by atoms with van der Waals surface area (Å²) in [5.41, 5.74) is 1.60. The van der Waals surface area contributed by atoms with Crippen LogP contribution < -0.4 is 5.32 Å². The van der Waals surface area contributed by atoms with Gasteiger partial charge in [-0.3, -0.25) is 4.79 Å². The highest BCUT2D eigenvalue weighted by Gasteiger charge is 1.98.